The van der Waals surface area contributed by atoms with E-state index in [9.17, 15) is 5.26 Å². The number of nitrogens with zero attached hydrogens (tertiary/aromatic N) is 3. The van der Waals surface area contributed by atoms with Crippen LogP contribution in [0.5, 0.6) is 0 Å². The molecule has 0 unspecified atom stereocenters. The highest BCUT2D eigenvalue weighted by Crippen LogP contribution is 2.38. The second-order valence-electron chi connectivity index (χ2n) is 4.96. The van der Waals surface area contributed by atoms with Crippen molar-refractivity contribution in [2.45, 2.75) is 13.8 Å². The summed E-state index contributed by atoms with van der Waals surface area (Å²) in [5, 5.41) is 10.3. The standard InChI is InChI=1S/C17H12BrN3S/c1-10-7-11(2)21-17-15(10)16(14(8-19)22-17)20-9-12-3-5-13(18)6-4-12/h3-7,9H,1-2H3. The summed E-state index contributed by atoms with van der Waals surface area (Å²) in [6, 6.07) is 12.1. The third-order valence-corrected chi connectivity index (χ3v) is 4.78. The van der Waals surface area contributed by atoms with Crippen LogP contribution in [0.3, 0.4) is 0 Å². The second-order valence-corrected chi connectivity index (χ2v) is 6.88. The average molecular weight is 370 g/mol. The molecule has 0 spiro atoms. The maximum absolute atomic E-state index is 9.37. The van der Waals surface area contributed by atoms with Crippen molar-refractivity contribution < 1.29 is 0 Å². The van der Waals surface area contributed by atoms with Crippen molar-refractivity contribution in [2.75, 3.05) is 0 Å². The van der Waals surface area contributed by atoms with Gasteiger partial charge < -0.3 is 0 Å². The molecule has 2 heterocycles. The lowest BCUT2D eigenvalue weighted by Gasteiger charge is -2.00. The van der Waals surface area contributed by atoms with Crippen LogP contribution in [0.4, 0.5) is 5.69 Å². The lowest BCUT2D eigenvalue weighted by atomic mass is 10.1. The molecule has 0 aliphatic rings. The number of aryl methyl sites for hydroxylation is 2. The Balaban J connectivity index is 2.13. The molecule has 0 bridgehead atoms. The van der Waals surface area contributed by atoms with Crippen LogP contribution in [-0.2, 0) is 0 Å². The first-order chi connectivity index (χ1) is 10.6. The number of halogens is 1. The van der Waals surface area contributed by atoms with Crippen LogP contribution < -0.4 is 0 Å². The molecule has 0 aliphatic heterocycles. The monoisotopic (exact) mass is 369 g/mol. The zero-order valence-electron chi connectivity index (χ0n) is 12.1. The van der Waals surface area contributed by atoms with Crippen molar-refractivity contribution in [3.63, 3.8) is 0 Å². The Labute approximate surface area is 141 Å². The van der Waals surface area contributed by atoms with E-state index in [1.54, 1.807) is 6.21 Å². The Morgan fingerprint density at radius 3 is 2.68 bits per heavy atom. The van der Waals surface area contributed by atoms with E-state index in [0.29, 0.717) is 4.88 Å². The van der Waals surface area contributed by atoms with Crippen LogP contribution in [-0.4, -0.2) is 11.2 Å². The van der Waals surface area contributed by atoms with E-state index in [1.807, 2.05) is 44.2 Å². The number of fused-ring (bicyclic) bond motifs is 1. The summed E-state index contributed by atoms with van der Waals surface area (Å²) >= 11 is 4.81. The van der Waals surface area contributed by atoms with Crippen molar-refractivity contribution in [1.82, 2.24) is 4.98 Å². The first-order valence-corrected chi connectivity index (χ1v) is 8.30. The minimum Gasteiger partial charge on any atom is -0.253 e. The van der Waals surface area contributed by atoms with Gasteiger partial charge in [0.25, 0.3) is 0 Å². The molecule has 0 fully saturated rings. The van der Waals surface area contributed by atoms with E-state index in [4.69, 9.17) is 0 Å². The number of hydrogen-bond acceptors (Lipinski definition) is 4. The van der Waals surface area contributed by atoms with Gasteiger partial charge in [0, 0.05) is 21.8 Å². The van der Waals surface area contributed by atoms with Crippen molar-refractivity contribution in [3.05, 3.63) is 56.5 Å². The zero-order chi connectivity index (χ0) is 15.7. The Kier molecular flexibility index (Phi) is 4.06. The predicted molar refractivity (Wildman–Crippen MR) is 95.2 cm³/mol. The Morgan fingerprint density at radius 1 is 1.27 bits per heavy atom. The first kappa shape index (κ1) is 14.9. The molecule has 0 saturated carbocycles. The van der Waals surface area contributed by atoms with Crippen LogP contribution in [0, 0.1) is 25.2 Å². The largest absolute Gasteiger partial charge is 0.253 e. The molecule has 3 rings (SSSR count). The predicted octanol–water partition coefficient (Wildman–Crippen LogP) is 5.30. The molecule has 22 heavy (non-hydrogen) atoms. The maximum atomic E-state index is 9.37. The quantitative estimate of drug-likeness (QED) is 0.575. The maximum Gasteiger partial charge on any atom is 0.133 e. The molecule has 0 aliphatic carbocycles. The van der Waals surface area contributed by atoms with Crippen LogP contribution in [0.1, 0.15) is 21.7 Å². The van der Waals surface area contributed by atoms with Crippen molar-refractivity contribution in [3.8, 4) is 6.07 Å². The highest BCUT2D eigenvalue weighted by atomic mass is 79.9. The Bertz CT molecular complexity index is 918. The normalized spacial score (nSPS) is 11.2. The summed E-state index contributed by atoms with van der Waals surface area (Å²) in [6.07, 6.45) is 1.79. The minimum atomic E-state index is 0.601. The van der Waals surface area contributed by atoms with Crippen LogP contribution in [0.2, 0.25) is 0 Å². The van der Waals surface area contributed by atoms with Gasteiger partial charge in [0.15, 0.2) is 0 Å². The lowest BCUT2D eigenvalue weighted by molar-refractivity contribution is 1.25. The summed E-state index contributed by atoms with van der Waals surface area (Å²) < 4.78 is 1.03. The van der Waals surface area contributed by atoms with Gasteiger partial charge in [-0.25, -0.2) is 4.98 Å². The second kappa shape index (κ2) is 5.99. The fourth-order valence-corrected chi connectivity index (χ4v) is 3.61. The molecule has 2 aromatic heterocycles. The average Bonchev–Trinajstić information content (AvgIpc) is 2.84. The number of nitriles is 1. The molecule has 0 atom stereocenters. The number of benzene rings is 1. The number of hydrogen-bond donors (Lipinski definition) is 0. The summed E-state index contributed by atoms with van der Waals surface area (Å²) in [4.78, 5) is 10.6. The smallest absolute Gasteiger partial charge is 0.133 e. The van der Waals surface area contributed by atoms with Crippen molar-refractivity contribution >= 4 is 49.4 Å². The molecular formula is C17H12BrN3S. The summed E-state index contributed by atoms with van der Waals surface area (Å²) in [5.41, 5.74) is 3.77. The number of thiophene rings is 1. The zero-order valence-corrected chi connectivity index (χ0v) is 14.5. The summed E-state index contributed by atoms with van der Waals surface area (Å²) in [6.45, 7) is 3.99. The summed E-state index contributed by atoms with van der Waals surface area (Å²) in [5.74, 6) is 0. The Morgan fingerprint density at radius 2 is 2.00 bits per heavy atom. The van der Waals surface area contributed by atoms with E-state index in [-0.39, 0.29) is 0 Å². The van der Waals surface area contributed by atoms with E-state index in [0.717, 1.165) is 37.2 Å². The van der Waals surface area contributed by atoms with Crippen LogP contribution >= 0.6 is 27.3 Å². The van der Waals surface area contributed by atoms with E-state index in [2.05, 4.69) is 32.0 Å². The van der Waals surface area contributed by atoms with Crippen LogP contribution in [0.25, 0.3) is 10.2 Å². The minimum absolute atomic E-state index is 0.601. The number of rotatable bonds is 2. The fourth-order valence-electron chi connectivity index (χ4n) is 2.31. The number of aromatic nitrogens is 1. The molecule has 0 saturated heterocycles. The van der Waals surface area contributed by atoms with Gasteiger partial charge in [0.2, 0.25) is 0 Å². The lowest BCUT2D eigenvalue weighted by Crippen LogP contribution is -1.84. The molecule has 3 nitrogen and oxygen atoms in total. The van der Waals surface area contributed by atoms with Gasteiger partial charge in [0.05, 0.1) is 0 Å². The van der Waals surface area contributed by atoms with Gasteiger partial charge in [-0.1, -0.05) is 28.1 Å². The third-order valence-electron chi connectivity index (χ3n) is 3.28. The highest BCUT2D eigenvalue weighted by Gasteiger charge is 2.14. The van der Waals surface area contributed by atoms with Gasteiger partial charge in [0.1, 0.15) is 21.5 Å². The number of aliphatic imine (C=N–C) groups is 1. The van der Waals surface area contributed by atoms with Crippen molar-refractivity contribution in [1.29, 1.82) is 5.26 Å². The van der Waals surface area contributed by atoms with Gasteiger partial charge in [-0.2, -0.15) is 5.26 Å². The highest BCUT2D eigenvalue weighted by molar-refractivity contribution is 9.10. The molecule has 0 amide bonds. The van der Waals surface area contributed by atoms with E-state index >= 15 is 0 Å². The molecule has 1 aromatic carbocycles. The SMILES string of the molecule is Cc1cc(C)c2c(N=Cc3ccc(Br)cc3)c(C#N)sc2n1. The molecule has 5 heteroatoms. The van der Waals surface area contributed by atoms with Gasteiger partial charge in [-0.05, 0) is 43.2 Å². The first-order valence-electron chi connectivity index (χ1n) is 6.69. The fraction of sp³-hybridized carbons (Fsp3) is 0.118. The summed E-state index contributed by atoms with van der Waals surface area (Å²) in [7, 11) is 0. The van der Waals surface area contributed by atoms with Crippen LogP contribution in [0.15, 0.2) is 39.8 Å². The van der Waals surface area contributed by atoms with E-state index < -0.39 is 0 Å². The molecule has 0 N–H and O–H groups in total. The number of pyridine rings is 1. The van der Waals surface area contributed by atoms with E-state index in [1.165, 1.54) is 11.3 Å². The molecule has 3 aromatic rings. The van der Waals surface area contributed by atoms with Gasteiger partial charge >= 0.3 is 0 Å². The van der Waals surface area contributed by atoms with Gasteiger partial charge in [-0.3, -0.25) is 4.99 Å². The van der Waals surface area contributed by atoms with Crippen molar-refractivity contribution in [2.24, 2.45) is 4.99 Å². The third kappa shape index (κ3) is 2.80. The Hall–Kier alpha value is -2.03. The molecule has 108 valence electrons. The topological polar surface area (TPSA) is 49.0 Å². The molecule has 0 radical (unpaired) electrons. The molecular weight excluding hydrogens is 358 g/mol. The van der Waals surface area contributed by atoms with Gasteiger partial charge in [-0.15, -0.1) is 11.3 Å².